The molecule has 1 fully saturated rings. The molecule has 1 amide bonds. The maximum Gasteiger partial charge on any atom is 0.334 e. The highest BCUT2D eigenvalue weighted by atomic mass is 16.6. The molecule has 9 heteroatoms. The van der Waals surface area contributed by atoms with Crippen molar-refractivity contribution in [2.45, 2.75) is 31.8 Å². The minimum atomic E-state index is -0.629. The molecule has 0 radical (unpaired) electrons. The maximum atomic E-state index is 13.0. The number of benzene rings is 1. The normalized spacial score (nSPS) is 19.6. The number of hydrogen-bond acceptors (Lipinski definition) is 5. The molecule has 2 unspecified atom stereocenters. The van der Waals surface area contributed by atoms with E-state index in [1.165, 1.54) is 10.6 Å². The van der Waals surface area contributed by atoms with Gasteiger partial charge in [0.2, 0.25) is 5.91 Å². The van der Waals surface area contributed by atoms with Gasteiger partial charge in [-0.05, 0) is 36.6 Å². The van der Waals surface area contributed by atoms with Gasteiger partial charge in [-0.2, -0.15) is 0 Å². The Morgan fingerprint density at radius 1 is 1.19 bits per heavy atom. The van der Waals surface area contributed by atoms with Crippen LogP contribution in [0.15, 0.2) is 47.4 Å². The van der Waals surface area contributed by atoms with E-state index in [1.807, 2.05) is 35.4 Å². The molecule has 5 rings (SSSR count). The lowest BCUT2D eigenvalue weighted by atomic mass is 9.83. The number of fused-ring (bicyclic) bond motifs is 5. The van der Waals surface area contributed by atoms with Crippen molar-refractivity contribution in [1.29, 1.82) is 0 Å². The molecule has 166 valence electrons. The molecule has 1 aromatic carbocycles. The van der Waals surface area contributed by atoms with Crippen molar-refractivity contribution < 1.29 is 14.5 Å². The van der Waals surface area contributed by atoms with Crippen LogP contribution in [-0.4, -0.2) is 45.1 Å². The summed E-state index contributed by atoms with van der Waals surface area (Å²) < 4.78 is 9.02. The number of amides is 1. The summed E-state index contributed by atoms with van der Waals surface area (Å²) in [5.41, 5.74) is 0.884. The fourth-order valence-electron chi connectivity index (χ4n) is 5.22. The van der Waals surface area contributed by atoms with Gasteiger partial charge in [0.25, 0.3) is 0 Å². The zero-order valence-corrected chi connectivity index (χ0v) is 17.8. The van der Waals surface area contributed by atoms with E-state index in [2.05, 4.69) is 4.57 Å². The van der Waals surface area contributed by atoms with E-state index in [1.54, 1.807) is 13.2 Å². The van der Waals surface area contributed by atoms with Crippen molar-refractivity contribution in [2.75, 3.05) is 20.2 Å². The Morgan fingerprint density at radius 3 is 2.81 bits per heavy atom. The molecule has 3 aromatic rings. The topological polar surface area (TPSA) is 99.6 Å². The van der Waals surface area contributed by atoms with Gasteiger partial charge in [-0.1, -0.05) is 6.07 Å². The van der Waals surface area contributed by atoms with E-state index in [0.29, 0.717) is 32.6 Å². The van der Waals surface area contributed by atoms with Crippen molar-refractivity contribution in [3.05, 3.63) is 68.8 Å². The largest absolute Gasteiger partial charge is 0.496 e. The maximum absolute atomic E-state index is 13.0. The molecule has 2 atom stereocenters. The van der Waals surface area contributed by atoms with Gasteiger partial charge in [0.1, 0.15) is 5.75 Å². The van der Waals surface area contributed by atoms with Crippen LogP contribution in [0.2, 0.25) is 0 Å². The van der Waals surface area contributed by atoms with Gasteiger partial charge >= 0.3 is 11.2 Å². The molecule has 2 bridgehead atoms. The predicted molar refractivity (Wildman–Crippen MR) is 118 cm³/mol. The third-order valence-electron chi connectivity index (χ3n) is 6.69. The van der Waals surface area contributed by atoms with Crippen LogP contribution < -0.4 is 10.3 Å². The molecule has 2 aromatic heterocycles. The fourth-order valence-corrected chi connectivity index (χ4v) is 5.22. The number of aromatic nitrogens is 2. The highest BCUT2D eigenvalue weighted by Crippen LogP contribution is 2.36. The number of nitrogens with zero attached hydrogens (tertiary/aromatic N) is 4. The summed E-state index contributed by atoms with van der Waals surface area (Å²) in [6, 6.07) is 10.8. The first kappa shape index (κ1) is 20.3. The van der Waals surface area contributed by atoms with Gasteiger partial charge in [0, 0.05) is 61.9 Å². The lowest BCUT2D eigenvalue weighted by molar-refractivity contribution is -0.386. The highest BCUT2D eigenvalue weighted by molar-refractivity contribution is 5.86. The minimum Gasteiger partial charge on any atom is -0.496 e. The molecular weight excluding hydrogens is 412 g/mol. The molecule has 1 saturated heterocycles. The second kappa shape index (κ2) is 7.81. The van der Waals surface area contributed by atoms with Crippen LogP contribution in [0.25, 0.3) is 10.9 Å². The first-order valence-corrected chi connectivity index (χ1v) is 10.7. The first-order valence-electron chi connectivity index (χ1n) is 10.7. The summed E-state index contributed by atoms with van der Waals surface area (Å²) in [4.78, 5) is 37.9. The third-order valence-corrected chi connectivity index (χ3v) is 6.69. The second-order valence-electron chi connectivity index (χ2n) is 8.57. The average molecular weight is 436 g/mol. The Kier molecular flexibility index (Phi) is 4.96. The number of carbonyl (C=O) groups is 1. The molecule has 2 aliphatic rings. The zero-order valence-electron chi connectivity index (χ0n) is 17.8. The van der Waals surface area contributed by atoms with Crippen LogP contribution in [0.5, 0.6) is 5.75 Å². The van der Waals surface area contributed by atoms with Crippen molar-refractivity contribution in [3.8, 4) is 5.75 Å². The summed E-state index contributed by atoms with van der Waals surface area (Å²) in [5.74, 6) is 1.05. The molecule has 0 N–H and O–H groups in total. The van der Waals surface area contributed by atoms with Gasteiger partial charge in [0.05, 0.1) is 17.5 Å². The fraction of sp³-hybridized carbons (Fsp3) is 0.391. The lowest BCUT2D eigenvalue weighted by Gasteiger charge is -2.42. The number of likely N-dealkylation sites (tertiary alicyclic amines) is 1. The monoisotopic (exact) mass is 436 g/mol. The number of piperidine rings is 1. The van der Waals surface area contributed by atoms with Crippen LogP contribution in [0.4, 0.5) is 5.69 Å². The van der Waals surface area contributed by atoms with Crippen LogP contribution in [0, 0.1) is 16.0 Å². The summed E-state index contributed by atoms with van der Waals surface area (Å²) in [5, 5.41) is 12.1. The number of hydrogen-bond donors (Lipinski definition) is 0. The number of pyridine rings is 1. The smallest absolute Gasteiger partial charge is 0.334 e. The van der Waals surface area contributed by atoms with Crippen LogP contribution in [0.1, 0.15) is 24.5 Å². The Balaban J connectivity index is 1.31. The lowest BCUT2D eigenvalue weighted by Crippen LogP contribution is -2.49. The van der Waals surface area contributed by atoms with Crippen LogP contribution in [-0.2, 0) is 17.9 Å². The van der Waals surface area contributed by atoms with Gasteiger partial charge in [0.15, 0.2) is 0 Å². The molecule has 32 heavy (non-hydrogen) atoms. The third kappa shape index (κ3) is 3.34. The SMILES string of the molecule is COc1cccc2c1ccn2CCC(=O)N1CC2CC(C1)c1ccc([N+](=O)[O-])c(=O)n1C2. The van der Waals surface area contributed by atoms with Gasteiger partial charge in [-0.15, -0.1) is 0 Å². The Bertz CT molecular complexity index is 1280. The van der Waals surface area contributed by atoms with Gasteiger partial charge < -0.3 is 18.8 Å². The van der Waals surface area contributed by atoms with Gasteiger partial charge in [-0.3, -0.25) is 19.7 Å². The molecular formula is C23H24N4O5. The van der Waals surface area contributed by atoms with Crippen molar-refractivity contribution >= 4 is 22.5 Å². The number of methoxy groups -OCH3 is 1. The van der Waals surface area contributed by atoms with E-state index >= 15 is 0 Å². The molecule has 0 spiro atoms. The number of aryl methyl sites for hydroxylation is 1. The summed E-state index contributed by atoms with van der Waals surface area (Å²) in [7, 11) is 1.65. The van der Waals surface area contributed by atoms with E-state index in [-0.39, 0.29) is 17.7 Å². The van der Waals surface area contributed by atoms with Crippen molar-refractivity contribution in [1.82, 2.24) is 14.0 Å². The highest BCUT2D eigenvalue weighted by Gasteiger charge is 2.37. The molecule has 2 aliphatic heterocycles. The quantitative estimate of drug-likeness (QED) is 0.452. The van der Waals surface area contributed by atoms with Gasteiger partial charge in [-0.25, -0.2) is 0 Å². The zero-order chi connectivity index (χ0) is 22.4. The van der Waals surface area contributed by atoms with E-state index < -0.39 is 16.2 Å². The predicted octanol–water partition coefficient (Wildman–Crippen LogP) is 2.76. The Labute approximate surface area is 184 Å². The molecule has 4 heterocycles. The summed E-state index contributed by atoms with van der Waals surface area (Å²) in [6.07, 6.45) is 3.25. The van der Waals surface area contributed by atoms with E-state index in [4.69, 9.17) is 4.74 Å². The number of ether oxygens (including phenoxy) is 1. The Hall–Kier alpha value is -3.62. The van der Waals surface area contributed by atoms with E-state index in [9.17, 15) is 19.7 Å². The standard InChI is InChI=1S/C23H24N4O5/c1-32-21-4-2-3-19-17(21)7-9-24(19)10-8-22(28)25-12-15-11-16(14-25)18-5-6-20(27(30)31)23(29)26(18)13-15/h2-7,9,15-16H,8,10-14H2,1H3. The second-order valence-corrected chi connectivity index (χ2v) is 8.57. The van der Waals surface area contributed by atoms with Crippen molar-refractivity contribution in [3.63, 3.8) is 0 Å². The molecule has 0 aliphatic carbocycles. The van der Waals surface area contributed by atoms with Crippen LogP contribution >= 0.6 is 0 Å². The number of rotatable bonds is 5. The molecule has 0 saturated carbocycles. The van der Waals surface area contributed by atoms with Crippen molar-refractivity contribution in [2.24, 2.45) is 5.92 Å². The number of carbonyl (C=O) groups excluding carboxylic acids is 1. The summed E-state index contributed by atoms with van der Waals surface area (Å²) in [6.45, 7) is 2.10. The number of nitro groups is 1. The average Bonchev–Trinajstić information content (AvgIpc) is 3.21. The summed E-state index contributed by atoms with van der Waals surface area (Å²) >= 11 is 0. The Morgan fingerprint density at radius 2 is 2.03 bits per heavy atom. The van der Waals surface area contributed by atoms with E-state index in [0.717, 1.165) is 28.8 Å². The van der Waals surface area contributed by atoms with Crippen LogP contribution in [0.3, 0.4) is 0 Å². The molecule has 9 nitrogen and oxygen atoms in total. The minimum absolute atomic E-state index is 0.0247. The first-order chi connectivity index (χ1) is 15.5.